The number of hydrogen-bond acceptors (Lipinski definition) is 5. The van der Waals surface area contributed by atoms with Crippen LogP contribution >= 0.6 is 0 Å². The molecule has 0 fully saturated rings. The SMILES string of the molecule is Cc1ccccc1-c1noc(CNC(Cn2cccn2)c2ccccc2)n1. The summed E-state index contributed by atoms with van der Waals surface area (Å²) in [6.07, 6.45) is 3.75. The van der Waals surface area contributed by atoms with Crippen LogP contribution in [0.2, 0.25) is 0 Å². The van der Waals surface area contributed by atoms with Gasteiger partial charge in [0.05, 0.1) is 19.1 Å². The third-order valence-electron chi connectivity index (χ3n) is 4.48. The van der Waals surface area contributed by atoms with Crippen molar-refractivity contribution in [1.29, 1.82) is 0 Å². The van der Waals surface area contributed by atoms with Gasteiger partial charge in [0.1, 0.15) is 0 Å². The maximum absolute atomic E-state index is 5.45. The molecular formula is C21H21N5O. The number of benzene rings is 2. The topological polar surface area (TPSA) is 68.8 Å². The van der Waals surface area contributed by atoms with Crippen molar-refractivity contribution in [3.63, 3.8) is 0 Å². The first-order valence-electron chi connectivity index (χ1n) is 8.94. The predicted octanol–water partition coefficient (Wildman–Crippen LogP) is 3.77. The fourth-order valence-corrected chi connectivity index (χ4v) is 3.04. The first kappa shape index (κ1) is 17.2. The average molecular weight is 359 g/mol. The second-order valence-electron chi connectivity index (χ2n) is 6.40. The molecule has 1 atom stereocenters. The molecule has 4 aromatic rings. The normalized spacial score (nSPS) is 12.2. The Hall–Kier alpha value is -3.25. The Morgan fingerprint density at radius 1 is 1.04 bits per heavy atom. The molecule has 0 aliphatic rings. The van der Waals surface area contributed by atoms with Crippen molar-refractivity contribution in [1.82, 2.24) is 25.2 Å². The Labute approximate surface area is 157 Å². The Morgan fingerprint density at radius 2 is 1.85 bits per heavy atom. The van der Waals surface area contributed by atoms with E-state index in [9.17, 15) is 0 Å². The average Bonchev–Trinajstić information content (AvgIpc) is 3.38. The summed E-state index contributed by atoms with van der Waals surface area (Å²) in [4.78, 5) is 4.54. The molecule has 2 heterocycles. The van der Waals surface area contributed by atoms with Crippen LogP contribution in [0.5, 0.6) is 0 Å². The lowest BCUT2D eigenvalue weighted by Crippen LogP contribution is -2.25. The van der Waals surface area contributed by atoms with Crippen molar-refractivity contribution < 1.29 is 4.52 Å². The van der Waals surface area contributed by atoms with Crippen molar-refractivity contribution in [3.8, 4) is 11.4 Å². The summed E-state index contributed by atoms with van der Waals surface area (Å²) in [7, 11) is 0. The van der Waals surface area contributed by atoms with E-state index in [1.165, 1.54) is 5.56 Å². The maximum Gasteiger partial charge on any atom is 0.240 e. The molecule has 0 saturated heterocycles. The van der Waals surface area contributed by atoms with Gasteiger partial charge in [0.15, 0.2) is 0 Å². The first-order chi connectivity index (χ1) is 13.3. The zero-order valence-electron chi connectivity index (χ0n) is 15.1. The van der Waals surface area contributed by atoms with E-state index in [0.29, 0.717) is 18.3 Å². The third-order valence-corrected chi connectivity index (χ3v) is 4.48. The van der Waals surface area contributed by atoms with Gasteiger partial charge < -0.3 is 4.52 Å². The molecule has 0 aliphatic heterocycles. The molecule has 0 radical (unpaired) electrons. The van der Waals surface area contributed by atoms with E-state index in [1.807, 2.05) is 66.3 Å². The molecule has 136 valence electrons. The Bertz CT molecular complexity index is 979. The highest BCUT2D eigenvalue weighted by Gasteiger charge is 2.15. The van der Waals surface area contributed by atoms with Gasteiger partial charge in [-0.3, -0.25) is 10.00 Å². The lowest BCUT2D eigenvalue weighted by Gasteiger charge is -2.18. The molecule has 0 aliphatic carbocycles. The van der Waals surface area contributed by atoms with E-state index in [0.717, 1.165) is 17.7 Å². The largest absolute Gasteiger partial charge is 0.338 e. The quantitative estimate of drug-likeness (QED) is 0.544. The molecule has 2 aromatic carbocycles. The predicted molar refractivity (Wildman–Crippen MR) is 103 cm³/mol. The highest BCUT2D eigenvalue weighted by molar-refractivity contribution is 5.58. The Kier molecular flexibility index (Phi) is 5.07. The Balaban J connectivity index is 1.49. The lowest BCUT2D eigenvalue weighted by atomic mass is 10.1. The van der Waals surface area contributed by atoms with Gasteiger partial charge in [-0.25, -0.2) is 0 Å². The van der Waals surface area contributed by atoms with Gasteiger partial charge in [-0.15, -0.1) is 0 Å². The van der Waals surface area contributed by atoms with Crippen LogP contribution in [0.25, 0.3) is 11.4 Å². The lowest BCUT2D eigenvalue weighted by molar-refractivity contribution is 0.347. The second kappa shape index (κ2) is 7.97. The van der Waals surface area contributed by atoms with Crippen LogP contribution in [0.4, 0.5) is 0 Å². The molecule has 1 N–H and O–H groups in total. The minimum Gasteiger partial charge on any atom is -0.338 e. The van der Waals surface area contributed by atoms with E-state index in [4.69, 9.17) is 4.52 Å². The van der Waals surface area contributed by atoms with E-state index in [-0.39, 0.29) is 6.04 Å². The minimum absolute atomic E-state index is 0.0833. The molecule has 0 spiro atoms. The summed E-state index contributed by atoms with van der Waals surface area (Å²) in [5, 5.41) is 12.0. The molecule has 1 unspecified atom stereocenters. The minimum atomic E-state index is 0.0833. The van der Waals surface area contributed by atoms with Gasteiger partial charge in [-0.2, -0.15) is 10.1 Å². The second-order valence-corrected chi connectivity index (χ2v) is 6.40. The summed E-state index contributed by atoms with van der Waals surface area (Å²) in [5.74, 6) is 1.18. The van der Waals surface area contributed by atoms with E-state index >= 15 is 0 Å². The molecular weight excluding hydrogens is 338 g/mol. The maximum atomic E-state index is 5.45. The molecule has 6 nitrogen and oxygen atoms in total. The van der Waals surface area contributed by atoms with Crippen LogP contribution in [-0.2, 0) is 13.1 Å². The monoisotopic (exact) mass is 359 g/mol. The fraction of sp³-hybridized carbons (Fsp3) is 0.190. The Morgan fingerprint density at radius 3 is 2.63 bits per heavy atom. The molecule has 0 saturated carbocycles. The zero-order chi connectivity index (χ0) is 18.5. The highest BCUT2D eigenvalue weighted by atomic mass is 16.5. The number of nitrogens with zero attached hydrogens (tertiary/aromatic N) is 4. The van der Waals surface area contributed by atoms with Crippen molar-refractivity contribution in [2.45, 2.75) is 26.1 Å². The van der Waals surface area contributed by atoms with Gasteiger partial charge in [-0.05, 0) is 24.1 Å². The van der Waals surface area contributed by atoms with E-state index in [2.05, 4.69) is 32.7 Å². The van der Waals surface area contributed by atoms with Gasteiger partial charge in [0, 0.05) is 18.0 Å². The van der Waals surface area contributed by atoms with Crippen molar-refractivity contribution in [2.75, 3.05) is 0 Å². The van der Waals surface area contributed by atoms with Crippen molar-refractivity contribution >= 4 is 0 Å². The summed E-state index contributed by atoms with van der Waals surface area (Å²) >= 11 is 0. The number of nitrogens with one attached hydrogen (secondary N) is 1. The summed E-state index contributed by atoms with van der Waals surface area (Å²) in [6, 6.07) is 20.3. The first-order valence-corrected chi connectivity index (χ1v) is 8.94. The van der Waals surface area contributed by atoms with Crippen LogP contribution in [0, 0.1) is 6.92 Å². The van der Waals surface area contributed by atoms with Gasteiger partial charge in [0.25, 0.3) is 0 Å². The van der Waals surface area contributed by atoms with Crippen LogP contribution in [-0.4, -0.2) is 19.9 Å². The summed E-state index contributed by atoms with van der Waals surface area (Å²) < 4.78 is 7.36. The molecule has 6 heteroatoms. The number of hydrogen-bond donors (Lipinski definition) is 1. The third kappa shape index (κ3) is 4.12. The number of aromatic nitrogens is 4. The molecule has 0 bridgehead atoms. The molecule has 2 aromatic heterocycles. The smallest absolute Gasteiger partial charge is 0.240 e. The van der Waals surface area contributed by atoms with Gasteiger partial charge >= 0.3 is 0 Å². The zero-order valence-corrected chi connectivity index (χ0v) is 15.1. The summed E-state index contributed by atoms with van der Waals surface area (Å²) in [6.45, 7) is 3.24. The fourth-order valence-electron chi connectivity index (χ4n) is 3.04. The van der Waals surface area contributed by atoms with Gasteiger partial charge in [-0.1, -0.05) is 59.8 Å². The number of rotatable bonds is 7. The van der Waals surface area contributed by atoms with Crippen LogP contribution in [0.3, 0.4) is 0 Å². The molecule has 4 rings (SSSR count). The van der Waals surface area contributed by atoms with E-state index < -0.39 is 0 Å². The van der Waals surface area contributed by atoms with Crippen molar-refractivity contribution in [2.24, 2.45) is 0 Å². The van der Waals surface area contributed by atoms with E-state index in [1.54, 1.807) is 6.20 Å². The van der Waals surface area contributed by atoms with Gasteiger partial charge in [0.2, 0.25) is 11.7 Å². The molecule has 0 amide bonds. The summed E-state index contributed by atoms with van der Waals surface area (Å²) in [5.41, 5.74) is 3.30. The van der Waals surface area contributed by atoms with Crippen LogP contribution < -0.4 is 5.32 Å². The van der Waals surface area contributed by atoms with Crippen LogP contribution in [0.15, 0.2) is 77.6 Å². The molecule has 27 heavy (non-hydrogen) atoms. The van der Waals surface area contributed by atoms with Crippen LogP contribution in [0.1, 0.15) is 23.1 Å². The highest BCUT2D eigenvalue weighted by Crippen LogP contribution is 2.20. The standard InChI is InChI=1S/C21H21N5O/c1-16-8-5-6-11-18(16)21-24-20(27-25-21)14-22-19(15-26-13-7-12-23-26)17-9-3-2-4-10-17/h2-13,19,22H,14-15H2,1H3. The number of aryl methyl sites for hydroxylation is 1. The van der Waals surface area contributed by atoms with Crippen molar-refractivity contribution in [3.05, 3.63) is 90.1 Å².